The number of aromatic nitrogens is 2. The Morgan fingerprint density at radius 3 is 2.69 bits per heavy atom. The Hall–Kier alpha value is -1.38. The number of nitrogens with zero attached hydrogens (tertiary/aromatic N) is 2. The number of hydrogen-bond donors (Lipinski definition) is 0. The Kier molecular flexibility index (Phi) is 2.95. The molecule has 3 nitrogen and oxygen atoms in total. The number of ketones is 1. The molecule has 0 amide bonds. The van der Waals surface area contributed by atoms with Crippen LogP contribution in [0.5, 0.6) is 0 Å². The van der Waals surface area contributed by atoms with Crippen molar-refractivity contribution in [3.05, 3.63) is 29.1 Å². The Morgan fingerprint density at radius 1 is 1.38 bits per heavy atom. The summed E-state index contributed by atoms with van der Waals surface area (Å²) in [7, 11) is 0. The standard InChI is InChI=1S/C13H18N2O/c1-9(2)8-15-12-7-5-4-6-11(12)13(14-15)10(3)16/h1,4-8H2,2-3H3. The van der Waals surface area contributed by atoms with Gasteiger partial charge in [-0.25, -0.2) is 0 Å². The van der Waals surface area contributed by atoms with Gasteiger partial charge in [0.1, 0.15) is 5.69 Å². The van der Waals surface area contributed by atoms with E-state index < -0.39 is 0 Å². The summed E-state index contributed by atoms with van der Waals surface area (Å²) in [6.07, 6.45) is 4.42. The molecule has 0 bridgehead atoms. The molecule has 0 fully saturated rings. The number of rotatable bonds is 3. The minimum atomic E-state index is 0.0821. The highest BCUT2D eigenvalue weighted by Gasteiger charge is 2.22. The van der Waals surface area contributed by atoms with Crippen LogP contribution in [0.4, 0.5) is 0 Å². The second-order valence-corrected chi connectivity index (χ2v) is 4.65. The van der Waals surface area contributed by atoms with Gasteiger partial charge in [-0.1, -0.05) is 12.2 Å². The summed E-state index contributed by atoms with van der Waals surface area (Å²) in [6, 6.07) is 0. The SMILES string of the molecule is C=C(C)Cn1nc(C(C)=O)c2c1CCCC2. The van der Waals surface area contributed by atoms with E-state index in [-0.39, 0.29) is 5.78 Å². The number of fused-ring (bicyclic) bond motifs is 1. The molecule has 0 N–H and O–H groups in total. The first kappa shape index (κ1) is 11.1. The van der Waals surface area contributed by atoms with Gasteiger partial charge in [0.15, 0.2) is 5.78 Å². The maximum Gasteiger partial charge on any atom is 0.180 e. The number of carbonyl (C=O) groups is 1. The van der Waals surface area contributed by atoms with Crippen LogP contribution in [0, 0.1) is 0 Å². The van der Waals surface area contributed by atoms with Gasteiger partial charge in [-0.15, -0.1) is 0 Å². The highest BCUT2D eigenvalue weighted by atomic mass is 16.1. The third kappa shape index (κ3) is 1.94. The molecule has 1 heterocycles. The van der Waals surface area contributed by atoms with Crippen LogP contribution in [-0.2, 0) is 19.4 Å². The van der Waals surface area contributed by atoms with E-state index >= 15 is 0 Å². The zero-order valence-electron chi connectivity index (χ0n) is 10.0. The summed E-state index contributed by atoms with van der Waals surface area (Å²) in [5, 5.41) is 4.44. The van der Waals surface area contributed by atoms with Crippen LogP contribution in [0.15, 0.2) is 12.2 Å². The average Bonchev–Trinajstić information content (AvgIpc) is 2.57. The average molecular weight is 218 g/mol. The maximum atomic E-state index is 11.5. The third-order valence-corrected chi connectivity index (χ3v) is 3.01. The molecular weight excluding hydrogens is 200 g/mol. The Morgan fingerprint density at radius 2 is 2.06 bits per heavy atom. The van der Waals surface area contributed by atoms with Crippen molar-refractivity contribution in [2.75, 3.05) is 0 Å². The van der Waals surface area contributed by atoms with Crippen molar-refractivity contribution in [1.82, 2.24) is 9.78 Å². The van der Waals surface area contributed by atoms with Gasteiger partial charge < -0.3 is 0 Å². The topological polar surface area (TPSA) is 34.9 Å². The smallest absolute Gasteiger partial charge is 0.180 e. The molecule has 3 heteroatoms. The van der Waals surface area contributed by atoms with E-state index in [1.54, 1.807) is 6.92 Å². The molecule has 1 aromatic rings. The number of Topliss-reactive ketones (excluding diaryl/α,β-unsaturated/α-hetero) is 1. The van der Waals surface area contributed by atoms with E-state index in [1.165, 1.54) is 24.1 Å². The second kappa shape index (κ2) is 4.24. The van der Waals surface area contributed by atoms with Crippen molar-refractivity contribution in [3.63, 3.8) is 0 Å². The van der Waals surface area contributed by atoms with Crippen LogP contribution in [0.1, 0.15) is 48.4 Å². The van der Waals surface area contributed by atoms with Gasteiger partial charge >= 0.3 is 0 Å². The van der Waals surface area contributed by atoms with Crippen molar-refractivity contribution < 1.29 is 4.79 Å². The lowest BCUT2D eigenvalue weighted by Crippen LogP contribution is -2.09. The van der Waals surface area contributed by atoms with Gasteiger partial charge in [0.2, 0.25) is 0 Å². The summed E-state index contributed by atoms with van der Waals surface area (Å²) in [5.74, 6) is 0.0821. The highest BCUT2D eigenvalue weighted by Crippen LogP contribution is 2.25. The van der Waals surface area contributed by atoms with E-state index in [4.69, 9.17) is 0 Å². The lowest BCUT2D eigenvalue weighted by Gasteiger charge is -2.13. The van der Waals surface area contributed by atoms with Crippen molar-refractivity contribution >= 4 is 5.78 Å². The third-order valence-electron chi connectivity index (χ3n) is 3.01. The first-order valence-corrected chi connectivity index (χ1v) is 5.83. The molecule has 2 rings (SSSR count). The normalized spacial score (nSPS) is 14.6. The van der Waals surface area contributed by atoms with Crippen LogP contribution in [-0.4, -0.2) is 15.6 Å². The zero-order valence-corrected chi connectivity index (χ0v) is 10.0. The minimum absolute atomic E-state index is 0.0821. The second-order valence-electron chi connectivity index (χ2n) is 4.65. The van der Waals surface area contributed by atoms with Crippen molar-refractivity contribution in [1.29, 1.82) is 0 Å². The quantitative estimate of drug-likeness (QED) is 0.577. The molecule has 0 atom stereocenters. The van der Waals surface area contributed by atoms with Crippen molar-refractivity contribution in [3.8, 4) is 0 Å². The van der Waals surface area contributed by atoms with Gasteiger partial charge in [0.25, 0.3) is 0 Å². The van der Waals surface area contributed by atoms with Gasteiger partial charge in [0, 0.05) is 18.2 Å². The molecule has 0 unspecified atom stereocenters. The fourth-order valence-electron chi connectivity index (χ4n) is 2.34. The zero-order chi connectivity index (χ0) is 11.7. The number of carbonyl (C=O) groups excluding carboxylic acids is 1. The Labute approximate surface area is 96.2 Å². The Balaban J connectivity index is 2.45. The molecule has 0 radical (unpaired) electrons. The maximum absolute atomic E-state index is 11.5. The molecule has 86 valence electrons. The largest absolute Gasteiger partial charge is 0.293 e. The minimum Gasteiger partial charge on any atom is -0.293 e. The first-order chi connectivity index (χ1) is 7.59. The van der Waals surface area contributed by atoms with Gasteiger partial charge in [-0.05, 0) is 32.6 Å². The lowest BCUT2D eigenvalue weighted by atomic mass is 9.95. The molecule has 0 aromatic carbocycles. The lowest BCUT2D eigenvalue weighted by molar-refractivity contribution is 0.101. The molecular formula is C13H18N2O. The van der Waals surface area contributed by atoms with E-state index in [9.17, 15) is 4.79 Å². The van der Waals surface area contributed by atoms with Crippen molar-refractivity contribution in [2.24, 2.45) is 0 Å². The first-order valence-electron chi connectivity index (χ1n) is 5.83. The molecule has 0 aliphatic heterocycles. The summed E-state index contributed by atoms with van der Waals surface area (Å²) >= 11 is 0. The van der Waals surface area contributed by atoms with E-state index in [0.29, 0.717) is 5.69 Å². The van der Waals surface area contributed by atoms with Crippen LogP contribution >= 0.6 is 0 Å². The highest BCUT2D eigenvalue weighted by molar-refractivity contribution is 5.93. The number of hydrogen-bond acceptors (Lipinski definition) is 2. The number of allylic oxidation sites excluding steroid dienone is 1. The molecule has 0 spiro atoms. The summed E-state index contributed by atoms with van der Waals surface area (Å²) in [4.78, 5) is 11.5. The molecule has 1 aromatic heterocycles. The molecule has 16 heavy (non-hydrogen) atoms. The van der Waals surface area contributed by atoms with Crippen LogP contribution in [0.2, 0.25) is 0 Å². The van der Waals surface area contributed by atoms with Crippen molar-refractivity contribution in [2.45, 2.75) is 46.1 Å². The van der Waals surface area contributed by atoms with E-state index in [1.807, 2.05) is 11.6 Å². The van der Waals surface area contributed by atoms with Crippen LogP contribution in [0.25, 0.3) is 0 Å². The van der Waals surface area contributed by atoms with Crippen LogP contribution < -0.4 is 0 Å². The van der Waals surface area contributed by atoms with Crippen LogP contribution in [0.3, 0.4) is 0 Å². The van der Waals surface area contributed by atoms with Gasteiger partial charge in [-0.2, -0.15) is 5.10 Å². The van der Waals surface area contributed by atoms with E-state index in [2.05, 4.69) is 11.7 Å². The molecule has 0 saturated carbocycles. The predicted octanol–water partition coefficient (Wildman–Crippen LogP) is 2.54. The molecule has 1 aliphatic rings. The molecule has 1 aliphatic carbocycles. The van der Waals surface area contributed by atoms with Gasteiger partial charge in [-0.3, -0.25) is 9.48 Å². The molecule has 0 saturated heterocycles. The van der Waals surface area contributed by atoms with E-state index in [0.717, 1.165) is 25.0 Å². The van der Waals surface area contributed by atoms with Gasteiger partial charge in [0.05, 0.1) is 6.54 Å². The monoisotopic (exact) mass is 218 g/mol. The summed E-state index contributed by atoms with van der Waals surface area (Å²) < 4.78 is 1.97. The predicted molar refractivity (Wildman–Crippen MR) is 63.7 cm³/mol. The summed E-state index contributed by atoms with van der Waals surface area (Å²) in [6.45, 7) is 8.23. The fourth-order valence-corrected chi connectivity index (χ4v) is 2.34. The fraction of sp³-hybridized carbons (Fsp3) is 0.538. The summed E-state index contributed by atoms with van der Waals surface area (Å²) in [5.41, 5.74) is 4.18. The Bertz CT molecular complexity index is 443.